The van der Waals surface area contributed by atoms with Gasteiger partial charge in [-0.3, -0.25) is 14.4 Å². The summed E-state index contributed by atoms with van der Waals surface area (Å²) in [6, 6.07) is 13.0. The number of aryl methyl sites for hydroxylation is 1. The molecule has 0 bridgehead atoms. The molecule has 39 heavy (non-hydrogen) atoms. The van der Waals surface area contributed by atoms with Crippen molar-refractivity contribution in [2.45, 2.75) is 58.3 Å². The van der Waals surface area contributed by atoms with Gasteiger partial charge >= 0.3 is 0 Å². The second kappa shape index (κ2) is 12.8. The van der Waals surface area contributed by atoms with E-state index in [1.807, 2.05) is 31.2 Å². The summed E-state index contributed by atoms with van der Waals surface area (Å²) in [6.07, 6.45) is 4.19. The first-order chi connectivity index (χ1) is 18.8. The number of hydrogen-bond acceptors (Lipinski definition) is 5. The molecular formula is C31H34Cl2N2O4. The Morgan fingerprint density at radius 2 is 1.59 bits per heavy atom. The lowest BCUT2D eigenvalue weighted by Crippen LogP contribution is -2.39. The van der Waals surface area contributed by atoms with Crippen LogP contribution in [0.1, 0.15) is 62.5 Å². The van der Waals surface area contributed by atoms with E-state index in [4.69, 9.17) is 27.9 Å². The normalized spacial score (nSPS) is 17.3. The molecule has 1 N–H and O–H groups in total. The van der Waals surface area contributed by atoms with Crippen molar-refractivity contribution < 1.29 is 19.1 Å². The number of likely N-dealkylation sites (N-methyl/N-ethyl adjacent to an activating group) is 1. The van der Waals surface area contributed by atoms with Crippen LogP contribution in [0.5, 0.6) is 5.75 Å². The van der Waals surface area contributed by atoms with E-state index >= 15 is 0 Å². The third kappa shape index (κ3) is 6.23. The van der Waals surface area contributed by atoms with Gasteiger partial charge in [-0.05, 0) is 69.4 Å². The second-order valence-corrected chi connectivity index (χ2v) is 10.7. The van der Waals surface area contributed by atoms with Crippen molar-refractivity contribution in [1.29, 1.82) is 0 Å². The molecule has 0 saturated heterocycles. The number of carbonyl (C=O) groups excluding carboxylic acids is 3. The Morgan fingerprint density at radius 3 is 2.10 bits per heavy atom. The van der Waals surface area contributed by atoms with E-state index in [0.717, 1.165) is 54.2 Å². The molecule has 0 atom stereocenters. The lowest BCUT2D eigenvalue weighted by Gasteiger charge is -2.43. The van der Waals surface area contributed by atoms with Gasteiger partial charge in [0.05, 0.1) is 0 Å². The summed E-state index contributed by atoms with van der Waals surface area (Å²) in [7, 11) is 1.55. The molecule has 2 aromatic rings. The molecule has 2 aromatic carbocycles. The summed E-state index contributed by atoms with van der Waals surface area (Å²) >= 11 is 12.1. The van der Waals surface area contributed by atoms with E-state index in [2.05, 4.69) is 17.1 Å². The Balaban J connectivity index is 0.000000379. The highest BCUT2D eigenvalue weighted by Crippen LogP contribution is 2.51. The van der Waals surface area contributed by atoms with Gasteiger partial charge in [0.2, 0.25) is 0 Å². The van der Waals surface area contributed by atoms with Crippen LogP contribution < -0.4 is 10.1 Å². The first kappa shape index (κ1) is 28.9. The molecule has 3 aliphatic rings. The van der Waals surface area contributed by atoms with E-state index in [9.17, 15) is 14.4 Å². The zero-order valence-electron chi connectivity index (χ0n) is 22.6. The number of hydrogen-bond donors (Lipinski definition) is 1. The zero-order chi connectivity index (χ0) is 28.1. The number of amides is 1. The molecule has 0 aromatic heterocycles. The summed E-state index contributed by atoms with van der Waals surface area (Å²) in [5, 5.41) is 3.88. The van der Waals surface area contributed by atoms with Gasteiger partial charge in [0, 0.05) is 70.5 Å². The predicted octanol–water partition coefficient (Wildman–Crippen LogP) is 6.55. The summed E-state index contributed by atoms with van der Waals surface area (Å²) < 4.78 is 5.83. The molecule has 1 amide bonds. The van der Waals surface area contributed by atoms with Gasteiger partial charge in [0.25, 0.3) is 5.91 Å². The third-order valence-electron chi connectivity index (χ3n) is 7.40. The zero-order valence-corrected chi connectivity index (χ0v) is 24.1. The van der Waals surface area contributed by atoms with Crippen molar-refractivity contribution in [3.8, 4) is 5.75 Å². The summed E-state index contributed by atoms with van der Waals surface area (Å²) in [4.78, 5) is 40.4. The quantitative estimate of drug-likeness (QED) is 0.442. The molecule has 0 spiro atoms. The van der Waals surface area contributed by atoms with E-state index in [-0.39, 0.29) is 24.1 Å². The Hall–Kier alpha value is -3.09. The van der Waals surface area contributed by atoms with Crippen molar-refractivity contribution in [2.75, 3.05) is 20.2 Å². The molecule has 206 valence electrons. The fourth-order valence-corrected chi connectivity index (χ4v) is 5.87. The number of Topliss-reactive ketones (excluding diaryl/α,β-unsaturated/α-hetero) is 2. The van der Waals surface area contributed by atoms with E-state index in [1.165, 1.54) is 0 Å². The highest BCUT2D eigenvalue weighted by Gasteiger charge is 2.43. The number of carbonyl (C=O) groups is 3. The SMILES string of the molecule is CCN1C2=C(C(=O)CCC2)C(c2cc(Cl)ccc2OCC(=O)NC)C2=C1CCCC2=O.Cc1ccccc1Cl. The molecular weight excluding hydrogens is 535 g/mol. The van der Waals surface area contributed by atoms with Crippen molar-refractivity contribution in [1.82, 2.24) is 10.2 Å². The van der Waals surface area contributed by atoms with Crippen molar-refractivity contribution >= 4 is 40.7 Å². The largest absolute Gasteiger partial charge is 0.483 e. The predicted molar refractivity (Wildman–Crippen MR) is 154 cm³/mol. The Kier molecular flexibility index (Phi) is 9.52. The first-order valence-electron chi connectivity index (χ1n) is 13.4. The maximum absolute atomic E-state index is 13.2. The van der Waals surface area contributed by atoms with E-state index < -0.39 is 5.92 Å². The van der Waals surface area contributed by atoms with E-state index in [1.54, 1.807) is 25.2 Å². The molecule has 1 aliphatic heterocycles. The first-order valence-corrected chi connectivity index (χ1v) is 14.2. The maximum Gasteiger partial charge on any atom is 0.257 e. The highest BCUT2D eigenvalue weighted by molar-refractivity contribution is 6.31. The molecule has 2 aliphatic carbocycles. The van der Waals surface area contributed by atoms with Crippen LogP contribution in [0, 0.1) is 6.92 Å². The fraction of sp³-hybridized carbons (Fsp3) is 0.387. The van der Waals surface area contributed by atoms with Crippen LogP contribution in [0.15, 0.2) is 65.0 Å². The molecule has 0 unspecified atom stereocenters. The number of allylic oxidation sites excluding steroid dienone is 4. The molecule has 0 fully saturated rings. The van der Waals surface area contributed by atoms with Gasteiger partial charge in [-0.1, -0.05) is 41.4 Å². The van der Waals surface area contributed by atoms with Gasteiger partial charge in [-0.25, -0.2) is 0 Å². The lowest BCUT2D eigenvalue weighted by atomic mass is 9.70. The maximum atomic E-state index is 13.2. The lowest BCUT2D eigenvalue weighted by molar-refractivity contribution is -0.122. The molecule has 8 heteroatoms. The van der Waals surface area contributed by atoms with Crippen LogP contribution in [-0.2, 0) is 14.4 Å². The standard InChI is InChI=1S/C24H27ClN2O4.C7H7Cl/c1-3-27-16-6-4-8-18(28)23(16)22(24-17(27)7-5-9-19(24)29)15-12-14(25)10-11-20(15)31-13-21(30)26-2;1-6-4-2-3-5-7(6)8/h10-12,22H,3-9,13H2,1-2H3,(H,26,30);2-5H,1H3. The number of halogens is 2. The highest BCUT2D eigenvalue weighted by atomic mass is 35.5. The summed E-state index contributed by atoms with van der Waals surface area (Å²) in [5.74, 6) is -0.145. The van der Waals surface area contributed by atoms with Crippen LogP contribution in [-0.4, -0.2) is 42.6 Å². The van der Waals surface area contributed by atoms with Gasteiger partial charge in [0.1, 0.15) is 5.75 Å². The van der Waals surface area contributed by atoms with E-state index in [0.29, 0.717) is 40.3 Å². The van der Waals surface area contributed by atoms with Crippen LogP contribution in [0.3, 0.4) is 0 Å². The fourth-order valence-electron chi connectivity index (χ4n) is 5.55. The van der Waals surface area contributed by atoms with Gasteiger partial charge in [-0.15, -0.1) is 0 Å². The van der Waals surface area contributed by atoms with Crippen LogP contribution >= 0.6 is 23.2 Å². The Bertz CT molecular complexity index is 1280. The number of nitrogens with one attached hydrogen (secondary N) is 1. The second-order valence-electron chi connectivity index (χ2n) is 9.84. The smallest absolute Gasteiger partial charge is 0.257 e. The topological polar surface area (TPSA) is 75.7 Å². The summed E-state index contributed by atoms with van der Waals surface area (Å²) in [5.41, 5.74) is 5.24. The van der Waals surface area contributed by atoms with Gasteiger partial charge in [-0.2, -0.15) is 0 Å². The minimum absolute atomic E-state index is 0.0758. The number of nitrogens with zero attached hydrogens (tertiary/aromatic N) is 1. The number of ketones is 2. The van der Waals surface area contributed by atoms with Crippen molar-refractivity contribution in [2.24, 2.45) is 0 Å². The van der Waals surface area contributed by atoms with Crippen LogP contribution in [0.4, 0.5) is 0 Å². The van der Waals surface area contributed by atoms with Gasteiger partial charge in [0.15, 0.2) is 18.2 Å². The molecule has 6 nitrogen and oxygen atoms in total. The Morgan fingerprint density at radius 1 is 0.974 bits per heavy atom. The van der Waals surface area contributed by atoms with Gasteiger partial charge < -0.3 is 15.0 Å². The van der Waals surface area contributed by atoms with Crippen LogP contribution in [0.25, 0.3) is 0 Å². The number of benzene rings is 2. The van der Waals surface area contributed by atoms with Crippen LogP contribution in [0.2, 0.25) is 10.0 Å². The monoisotopic (exact) mass is 568 g/mol. The Labute approximate surface area is 240 Å². The minimum atomic E-state index is -0.508. The average molecular weight is 570 g/mol. The summed E-state index contributed by atoms with van der Waals surface area (Å²) in [6.45, 7) is 4.62. The molecule has 0 saturated carbocycles. The van der Waals surface area contributed by atoms with Crippen molar-refractivity contribution in [3.63, 3.8) is 0 Å². The third-order valence-corrected chi connectivity index (χ3v) is 8.06. The number of rotatable bonds is 5. The molecule has 5 rings (SSSR count). The number of ether oxygens (including phenoxy) is 1. The van der Waals surface area contributed by atoms with Crippen molar-refractivity contribution in [3.05, 3.63) is 86.2 Å². The minimum Gasteiger partial charge on any atom is -0.483 e. The molecule has 1 heterocycles. The average Bonchev–Trinajstić information content (AvgIpc) is 2.93. The molecule has 0 radical (unpaired) electrons.